The number of benzene rings is 2. The van der Waals surface area contributed by atoms with Crippen molar-refractivity contribution in [2.45, 2.75) is 6.92 Å². The molecule has 0 spiro atoms. The molecule has 0 aliphatic rings. The molecule has 0 N–H and O–H groups in total. The fraction of sp³-hybridized carbons (Fsp3) is 0.0769. The van der Waals surface area contributed by atoms with Gasteiger partial charge in [-0.1, -0.05) is 35.9 Å². The Hall–Kier alpha value is -0.761. The predicted octanol–water partition coefficient (Wildman–Crippen LogP) is 2.48. The van der Waals surface area contributed by atoms with Crippen molar-refractivity contribution < 1.29 is 0 Å². The third-order valence-corrected chi connectivity index (χ3v) is 2.67. The molecule has 2 rings (SSSR count). The van der Waals surface area contributed by atoms with Crippen LogP contribution in [0.15, 0.2) is 60.7 Å². The topological polar surface area (TPSA) is 0 Å². The molecular weight excluding hydrogens is 275 g/mol. The molecule has 0 bridgehead atoms. The van der Waals surface area contributed by atoms with E-state index in [1.165, 1.54) is 31.7 Å². The van der Waals surface area contributed by atoms with E-state index >= 15 is 0 Å². The van der Waals surface area contributed by atoms with Crippen molar-refractivity contribution in [1.29, 1.82) is 0 Å². The predicted molar refractivity (Wildman–Crippen MR) is 63.0 cm³/mol. The standard InChI is InChI=1S/C7H8.C6H5.Sn/c1-7-5-3-2-4-6-7;1-2-4-6-5-3-1;/h2-6H,1H3;1-5H;. The maximum absolute atomic E-state index is 2.12. The van der Waals surface area contributed by atoms with E-state index in [1.54, 1.807) is 0 Å². The SMILES string of the molecule is Cc1ccccc1.[Sn][c]1ccccc1. The monoisotopic (exact) mass is 289 g/mol. The Kier molecular flexibility index (Phi) is 5.38. The van der Waals surface area contributed by atoms with Crippen molar-refractivity contribution in [1.82, 2.24) is 0 Å². The van der Waals surface area contributed by atoms with Crippen LogP contribution in [0.5, 0.6) is 0 Å². The van der Waals surface area contributed by atoms with E-state index in [1.807, 2.05) is 24.3 Å². The quantitative estimate of drug-likeness (QED) is 0.653. The van der Waals surface area contributed by atoms with Gasteiger partial charge in [0, 0.05) is 0 Å². The van der Waals surface area contributed by atoms with Crippen LogP contribution in [0.4, 0.5) is 0 Å². The van der Waals surface area contributed by atoms with Crippen LogP contribution in [0.1, 0.15) is 5.56 Å². The third-order valence-electron chi connectivity index (χ3n) is 1.71. The van der Waals surface area contributed by atoms with Gasteiger partial charge < -0.3 is 0 Å². The van der Waals surface area contributed by atoms with Crippen molar-refractivity contribution in [2.24, 2.45) is 0 Å². The minimum atomic E-state index is 1.32. The van der Waals surface area contributed by atoms with Gasteiger partial charge in [-0.15, -0.1) is 0 Å². The van der Waals surface area contributed by atoms with Gasteiger partial charge in [0.2, 0.25) is 0 Å². The van der Waals surface area contributed by atoms with Crippen LogP contribution in [0.25, 0.3) is 0 Å². The Balaban J connectivity index is 0.000000140. The summed E-state index contributed by atoms with van der Waals surface area (Å²) >= 11 is 1.49. The number of aryl methyl sites for hydroxylation is 1. The molecule has 2 aromatic carbocycles. The summed E-state index contributed by atoms with van der Waals surface area (Å²) in [6.07, 6.45) is 0. The van der Waals surface area contributed by atoms with Crippen LogP contribution in [-0.2, 0) is 0 Å². The molecule has 0 amide bonds. The second-order valence-electron chi connectivity index (χ2n) is 3.02. The number of rotatable bonds is 0. The Bertz CT molecular complexity index is 303. The zero-order valence-corrected chi connectivity index (χ0v) is 11.1. The summed E-state index contributed by atoms with van der Waals surface area (Å²) in [6, 6.07) is 20.7. The second kappa shape index (κ2) is 6.66. The molecule has 69 valence electrons. The first-order valence-electron chi connectivity index (χ1n) is 4.57. The number of hydrogen-bond acceptors (Lipinski definition) is 0. The summed E-state index contributed by atoms with van der Waals surface area (Å²) in [4.78, 5) is 0. The fourth-order valence-corrected chi connectivity index (χ4v) is 1.52. The van der Waals surface area contributed by atoms with E-state index in [-0.39, 0.29) is 0 Å². The van der Waals surface area contributed by atoms with Gasteiger partial charge >= 0.3 is 56.4 Å². The van der Waals surface area contributed by atoms with Crippen molar-refractivity contribution in [3.63, 3.8) is 0 Å². The maximum atomic E-state index is 2.12. The Morgan fingerprint density at radius 3 is 1.36 bits per heavy atom. The third kappa shape index (κ3) is 5.07. The number of hydrogen-bond donors (Lipinski definition) is 0. The molecule has 3 radical (unpaired) electrons. The molecule has 0 nitrogen and oxygen atoms in total. The normalized spacial score (nSPS) is 8.71. The van der Waals surface area contributed by atoms with Gasteiger partial charge in [0.15, 0.2) is 0 Å². The molecule has 0 heterocycles. The van der Waals surface area contributed by atoms with E-state index < -0.39 is 0 Å². The van der Waals surface area contributed by atoms with Crippen molar-refractivity contribution in [2.75, 3.05) is 0 Å². The van der Waals surface area contributed by atoms with Crippen LogP contribution in [0, 0.1) is 6.92 Å². The van der Waals surface area contributed by atoms with Gasteiger partial charge in [-0.05, 0) is 6.92 Å². The van der Waals surface area contributed by atoms with E-state index in [9.17, 15) is 0 Å². The second-order valence-corrected chi connectivity index (χ2v) is 4.67. The van der Waals surface area contributed by atoms with E-state index in [4.69, 9.17) is 0 Å². The summed E-state index contributed by atoms with van der Waals surface area (Å²) in [5.41, 5.74) is 1.32. The summed E-state index contributed by atoms with van der Waals surface area (Å²) in [7, 11) is 0. The summed E-state index contributed by atoms with van der Waals surface area (Å²) in [5, 5.41) is 0. The van der Waals surface area contributed by atoms with Crippen LogP contribution >= 0.6 is 0 Å². The molecule has 0 saturated heterocycles. The molecule has 1 heteroatoms. The van der Waals surface area contributed by atoms with Crippen LogP contribution < -0.4 is 3.58 Å². The average molecular weight is 288 g/mol. The first-order chi connectivity index (χ1) is 6.79. The van der Waals surface area contributed by atoms with Crippen LogP contribution in [-0.4, -0.2) is 22.5 Å². The van der Waals surface area contributed by atoms with Crippen molar-refractivity contribution in [3.05, 3.63) is 66.2 Å². The summed E-state index contributed by atoms with van der Waals surface area (Å²) < 4.78 is 1.41. The zero-order valence-electron chi connectivity index (χ0n) is 8.27. The molecular formula is C13H13Sn. The fourth-order valence-electron chi connectivity index (χ4n) is 0.973. The zero-order chi connectivity index (χ0) is 10.2. The van der Waals surface area contributed by atoms with Crippen LogP contribution in [0.3, 0.4) is 0 Å². The van der Waals surface area contributed by atoms with Gasteiger partial charge in [0.05, 0.1) is 0 Å². The van der Waals surface area contributed by atoms with Crippen molar-refractivity contribution in [3.8, 4) is 0 Å². The molecule has 0 aliphatic heterocycles. The molecule has 0 atom stereocenters. The van der Waals surface area contributed by atoms with Gasteiger partial charge in [-0.3, -0.25) is 0 Å². The van der Waals surface area contributed by atoms with Gasteiger partial charge in [-0.2, -0.15) is 0 Å². The molecule has 0 aliphatic carbocycles. The summed E-state index contributed by atoms with van der Waals surface area (Å²) in [6.45, 7) is 2.08. The van der Waals surface area contributed by atoms with E-state index in [2.05, 4.69) is 43.3 Å². The molecule has 0 saturated carbocycles. The Labute approximate surface area is 99.1 Å². The molecule has 14 heavy (non-hydrogen) atoms. The van der Waals surface area contributed by atoms with E-state index in [0.717, 1.165) is 0 Å². The first kappa shape index (κ1) is 11.3. The summed E-state index contributed by atoms with van der Waals surface area (Å²) in [5.74, 6) is 0. The van der Waals surface area contributed by atoms with Gasteiger partial charge in [0.1, 0.15) is 0 Å². The molecule has 2 aromatic rings. The molecule has 0 aromatic heterocycles. The Morgan fingerprint density at radius 1 is 0.714 bits per heavy atom. The first-order valence-corrected chi connectivity index (χ1v) is 6.00. The van der Waals surface area contributed by atoms with Crippen molar-refractivity contribution >= 4 is 26.1 Å². The van der Waals surface area contributed by atoms with Crippen LogP contribution in [0.2, 0.25) is 0 Å². The molecule has 0 unspecified atom stereocenters. The van der Waals surface area contributed by atoms with E-state index in [0.29, 0.717) is 0 Å². The minimum absolute atomic E-state index is 1.32. The van der Waals surface area contributed by atoms with Gasteiger partial charge in [0.25, 0.3) is 0 Å². The average Bonchev–Trinajstić information content (AvgIpc) is 2.21. The molecule has 0 fully saturated rings. The van der Waals surface area contributed by atoms with Gasteiger partial charge in [-0.25, -0.2) is 0 Å². The Morgan fingerprint density at radius 2 is 1.14 bits per heavy atom.